The number of piperidine rings is 1. The smallest absolute Gasteiger partial charge is 0.222 e. The molecule has 4 nitrogen and oxygen atoms in total. The molecule has 1 amide bonds. The zero-order valence-electron chi connectivity index (χ0n) is 11.4. The van der Waals surface area contributed by atoms with Gasteiger partial charge in [-0.1, -0.05) is 30.1 Å². The zero-order chi connectivity index (χ0) is 15.1. The molecule has 2 N–H and O–H groups in total. The van der Waals surface area contributed by atoms with Crippen LogP contribution in [0.3, 0.4) is 0 Å². The fourth-order valence-electron chi connectivity index (χ4n) is 1.87. The van der Waals surface area contributed by atoms with Crippen LogP contribution in [-0.2, 0) is 4.79 Å². The highest BCUT2D eigenvalue weighted by Crippen LogP contribution is 2.25. The molecule has 6 heteroatoms. The summed E-state index contributed by atoms with van der Waals surface area (Å²) in [4.78, 5) is 12.9. The Labute approximate surface area is 128 Å². The van der Waals surface area contributed by atoms with E-state index >= 15 is 0 Å². The number of amides is 1. The summed E-state index contributed by atoms with van der Waals surface area (Å²) in [6.45, 7) is 3.36. The molecule has 2 rings (SSSR count). The molecule has 1 aliphatic heterocycles. The number of phenolic OH excluding ortho intramolecular Hbond substituents is 1. The van der Waals surface area contributed by atoms with Crippen molar-refractivity contribution in [2.45, 2.75) is 32.3 Å². The maximum atomic E-state index is 11.1. The number of carbonyl (C=O) groups is 1. The second kappa shape index (κ2) is 8.35. The number of nitrogens with zero attached hydrogens (tertiary/aromatic N) is 1. The minimum Gasteiger partial charge on any atom is -0.508 e. The van der Waals surface area contributed by atoms with Gasteiger partial charge in [-0.15, -0.1) is 0 Å². The van der Waals surface area contributed by atoms with E-state index in [9.17, 15) is 9.90 Å². The average Bonchev–Trinajstić information content (AvgIpc) is 2.40. The lowest BCUT2D eigenvalue weighted by Crippen LogP contribution is -2.42. The van der Waals surface area contributed by atoms with Crippen LogP contribution in [0.25, 0.3) is 0 Å². The molecule has 1 fully saturated rings. The molecule has 1 aliphatic rings. The Morgan fingerprint density at radius 3 is 2.60 bits per heavy atom. The van der Waals surface area contributed by atoms with Crippen molar-refractivity contribution in [3.63, 3.8) is 0 Å². The minimum atomic E-state index is -0.292. The van der Waals surface area contributed by atoms with Crippen LogP contribution in [0.1, 0.15) is 26.2 Å². The highest BCUT2D eigenvalue weighted by Gasteiger charge is 2.22. The molecule has 0 spiro atoms. The van der Waals surface area contributed by atoms with Crippen LogP contribution in [0, 0.1) is 0 Å². The average molecular weight is 320 g/mol. The van der Waals surface area contributed by atoms with Crippen LogP contribution in [0.4, 0.5) is 0 Å². The van der Waals surface area contributed by atoms with E-state index in [0.29, 0.717) is 29.4 Å². The van der Waals surface area contributed by atoms with Crippen molar-refractivity contribution in [2.24, 2.45) is 0 Å². The van der Waals surface area contributed by atoms with E-state index in [-0.39, 0.29) is 17.8 Å². The van der Waals surface area contributed by atoms with E-state index in [1.165, 1.54) is 12.1 Å². The quantitative estimate of drug-likeness (QED) is 0.880. The molecule has 0 aliphatic carbocycles. The molecule has 0 bridgehead atoms. The fraction of sp³-hybridized carbons (Fsp3) is 0.500. The maximum absolute atomic E-state index is 11.1. The number of aliphatic hydroxyl groups excluding tert-OH is 1. The van der Waals surface area contributed by atoms with Crippen LogP contribution in [0.15, 0.2) is 18.2 Å². The number of aromatic hydroxyl groups is 1. The van der Waals surface area contributed by atoms with Crippen molar-refractivity contribution in [1.29, 1.82) is 0 Å². The predicted octanol–water partition coefficient (Wildman–Crippen LogP) is 3.08. The van der Waals surface area contributed by atoms with E-state index in [1.54, 1.807) is 11.0 Å². The van der Waals surface area contributed by atoms with Crippen molar-refractivity contribution >= 4 is 29.1 Å². The van der Waals surface area contributed by atoms with Gasteiger partial charge in [-0.05, 0) is 31.0 Å². The first-order valence-corrected chi connectivity index (χ1v) is 7.29. The predicted molar refractivity (Wildman–Crippen MR) is 80.2 cm³/mol. The van der Waals surface area contributed by atoms with E-state index in [1.807, 2.05) is 6.92 Å². The Kier molecular flexibility index (Phi) is 7.13. The van der Waals surface area contributed by atoms with Crippen LogP contribution in [0.2, 0.25) is 10.0 Å². The molecular weight excluding hydrogens is 301 g/mol. The lowest BCUT2D eigenvalue weighted by atomic mass is 10.1. The summed E-state index contributed by atoms with van der Waals surface area (Å²) >= 11 is 11.1. The van der Waals surface area contributed by atoms with Gasteiger partial charge in [0.15, 0.2) is 0 Å². The number of benzene rings is 1. The molecule has 0 radical (unpaired) electrons. The molecule has 0 aromatic heterocycles. The summed E-state index contributed by atoms with van der Waals surface area (Å²) in [7, 11) is 0. The monoisotopic (exact) mass is 319 g/mol. The highest BCUT2D eigenvalue weighted by atomic mass is 35.5. The lowest BCUT2D eigenvalue weighted by molar-refractivity contribution is -0.136. The van der Waals surface area contributed by atoms with Crippen LogP contribution >= 0.6 is 23.2 Å². The molecule has 1 unspecified atom stereocenters. The number of β-amino-alcohol motifs (C(OH)–C–C–N with tert-alkyl or cyclic N) is 1. The van der Waals surface area contributed by atoms with Gasteiger partial charge in [0.25, 0.3) is 0 Å². The third-order valence-electron chi connectivity index (χ3n) is 2.87. The Bertz CT molecular complexity index is 454. The summed E-state index contributed by atoms with van der Waals surface area (Å²) in [5.74, 6) is 0.321. The van der Waals surface area contributed by atoms with Crippen LogP contribution in [-0.4, -0.2) is 40.2 Å². The van der Waals surface area contributed by atoms with Gasteiger partial charge in [-0.25, -0.2) is 0 Å². The SMILES string of the molecule is CCCN1CC(O)CCC1=O.Oc1ccc(Cl)c(Cl)c1. The maximum Gasteiger partial charge on any atom is 0.222 e. The summed E-state index contributed by atoms with van der Waals surface area (Å²) in [6, 6.07) is 4.41. The zero-order valence-corrected chi connectivity index (χ0v) is 12.9. The van der Waals surface area contributed by atoms with E-state index in [4.69, 9.17) is 28.3 Å². The van der Waals surface area contributed by atoms with Crippen molar-refractivity contribution in [3.8, 4) is 5.75 Å². The summed E-state index contributed by atoms with van der Waals surface area (Å²) < 4.78 is 0. The standard InChI is InChI=1S/C8H15NO2.C6H4Cl2O/c1-2-5-9-6-7(10)3-4-8(9)11;7-5-2-1-4(9)3-6(5)8/h7,10H,2-6H2,1H3;1-3,9H. The van der Waals surface area contributed by atoms with Gasteiger partial charge in [0.1, 0.15) is 5.75 Å². The Morgan fingerprint density at radius 2 is 2.05 bits per heavy atom. The number of aliphatic hydroxyl groups is 1. The van der Waals surface area contributed by atoms with Crippen LogP contribution in [0.5, 0.6) is 5.75 Å². The van der Waals surface area contributed by atoms with E-state index in [2.05, 4.69) is 0 Å². The van der Waals surface area contributed by atoms with Gasteiger partial charge >= 0.3 is 0 Å². The first-order valence-electron chi connectivity index (χ1n) is 6.54. The number of carbonyl (C=O) groups excluding carboxylic acids is 1. The molecule has 20 heavy (non-hydrogen) atoms. The van der Waals surface area contributed by atoms with Crippen molar-refractivity contribution in [3.05, 3.63) is 28.2 Å². The molecule has 1 atom stereocenters. The van der Waals surface area contributed by atoms with Gasteiger partial charge < -0.3 is 15.1 Å². The van der Waals surface area contributed by atoms with Gasteiger partial charge in [0, 0.05) is 19.5 Å². The second-order valence-electron chi connectivity index (χ2n) is 4.63. The molecule has 1 heterocycles. The molecule has 1 saturated heterocycles. The number of halogens is 2. The van der Waals surface area contributed by atoms with Gasteiger partial charge in [0.05, 0.1) is 16.1 Å². The number of phenols is 1. The van der Waals surface area contributed by atoms with Crippen LogP contribution < -0.4 is 0 Å². The first-order chi connectivity index (χ1) is 9.43. The Morgan fingerprint density at radius 1 is 1.35 bits per heavy atom. The minimum absolute atomic E-state index is 0.129. The molecule has 112 valence electrons. The third-order valence-corrected chi connectivity index (χ3v) is 3.61. The topological polar surface area (TPSA) is 60.8 Å². The second-order valence-corrected chi connectivity index (χ2v) is 5.45. The summed E-state index contributed by atoms with van der Waals surface area (Å²) in [6.07, 6.45) is 1.83. The Balaban J connectivity index is 0.000000204. The Hall–Kier alpha value is -0.970. The van der Waals surface area contributed by atoms with Gasteiger partial charge in [-0.3, -0.25) is 4.79 Å². The highest BCUT2D eigenvalue weighted by molar-refractivity contribution is 6.42. The number of rotatable bonds is 2. The molecule has 1 aromatic rings. The van der Waals surface area contributed by atoms with E-state index < -0.39 is 0 Å². The number of hydrogen-bond acceptors (Lipinski definition) is 3. The van der Waals surface area contributed by atoms with Crippen molar-refractivity contribution < 1.29 is 15.0 Å². The number of hydrogen-bond donors (Lipinski definition) is 2. The van der Waals surface area contributed by atoms with Gasteiger partial charge in [0.2, 0.25) is 5.91 Å². The number of likely N-dealkylation sites (tertiary alicyclic amines) is 1. The molecule has 0 saturated carbocycles. The third kappa shape index (κ3) is 5.57. The first kappa shape index (κ1) is 17.1. The summed E-state index contributed by atoms with van der Waals surface area (Å²) in [5, 5.41) is 18.8. The largest absolute Gasteiger partial charge is 0.508 e. The van der Waals surface area contributed by atoms with Gasteiger partial charge in [-0.2, -0.15) is 0 Å². The summed E-state index contributed by atoms with van der Waals surface area (Å²) in [5.41, 5.74) is 0. The normalized spacial score (nSPS) is 18.5. The van der Waals surface area contributed by atoms with Crippen molar-refractivity contribution in [1.82, 2.24) is 4.90 Å². The lowest BCUT2D eigenvalue weighted by Gasteiger charge is -2.29. The van der Waals surface area contributed by atoms with E-state index in [0.717, 1.165) is 13.0 Å². The fourth-order valence-corrected chi connectivity index (χ4v) is 2.16. The molecule has 1 aromatic carbocycles. The molecular formula is C14H19Cl2NO3. The van der Waals surface area contributed by atoms with Crippen molar-refractivity contribution in [2.75, 3.05) is 13.1 Å².